The minimum Gasteiger partial charge on any atom is -0.308 e. The predicted octanol–water partition coefficient (Wildman–Crippen LogP) is -0.0642. The lowest BCUT2D eigenvalue weighted by atomic mass is 10.4. The summed E-state index contributed by atoms with van der Waals surface area (Å²) in [6, 6.07) is 0. The Hall–Kier alpha value is -0.880. The van der Waals surface area contributed by atoms with Crippen LogP contribution in [-0.2, 0) is 10.2 Å². The lowest BCUT2D eigenvalue weighted by Crippen LogP contribution is -2.32. The monoisotopic (exact) mass is 191 g/mol. The van der Waals surface area contributed by atoms with Gasteiger partial charge in [-0.1, -0.05) is 0 Å². The third-order valence-electron chi connectivity index (χ3n) is 1.25. The second kappa shape index (κ2) is 4.22. The Morgan fingerprint density at radius 1 is 1.58 bits per heavy atom. The lowest BCUT2D eigenvalue weighted by molar-refractivity contribution is 0.529. The van der Waals surface area contributed by atoms with Crippen molar-refractivity contribution in [1.82, 2.24) is 9.03 Å². The van der Waals surface area contributed by atoms with Gasteiger partial charge < -0.3 is 5.41 Å². The summed E-state index contributed by atoms with van der Waals surface area (Å²) < 4.78 is 25.3. The van der Waals surface area contributed by atoms with E-state index in [4.69, 9.17) is 5.41 Å². The van der Waals surface area contributed by atoms with E-state index in [1.54, 1.807) is 6.92 Å². The molecule has 0 fully saturated rings. The molecule has 0 amide bonds. The van der Waals surface area contributed by atoms with E-state index >= 15 is 0 Å². The minimum atomic E-state index is -3.40. The number of allylic oxidation sites excluding steroid dienone is 1. The van der Waals surface area contributed by atoms with Crippen LogP contribution in [0.15, 0.2) is 11.8 Å². The van der Waals surface area contributed by atoms with Crippen LogP contribution in [0.4, 0.5) is 0 Å². The highest BCUT2D eigenvalue weighted by atomic mass is 32.2. The Balaban J connectivity index is 4.63. The van der Waals surface area contributed by atoms with Gasteiger partial charge in [0, 0.05) is 26.5 Å². The normalized spacial score (nSPS) is 12.8. The molecule has 70 valence electrons. The zero-order chi connectivity index (χ0) is 9.78. The van der Waals surface area contributed by atoms with Crippen LogP contribution in [-0.4, -0.2) is 33.0 Å². The van der Waals surface area contributed by atoms with Gasteiger partial charge in [-0.15, -0.1) is 0 Å². The van der Waals surface area contributed by atoms with E-state index in [-0.39, 0.29) is 0 Å². The first-order valence-corrected chi connectivity index (χ1v) is 4.73. The van der Waals surface area contributed by atoms with Gasteiger partial charge in [0.1, 0.15) is 0 Å². The second-order valence-corrected chi connectivity index (χ2v) is 4.18. The summed E-state index contributed by atoms with van der Waals surface area (Å²) >= 11 is 0. The standard InChI is InChI=1S/C6H13N3O2S/c1-6(4-7)5-9(3)12(10,11)8-2/h4-5,7-8H,1-3H3/b6-5-,7-4?. The molecule has 12 heavy (non-hydrogen) atoms. The van der Waals surface area contributed by atoms with Gasteiger partial charge in [0.25, 0.3) is 0 Å². The fraction of sp³-hybridized carbons (Fsp3) is 0.500. The first-order chi connectivity index (χ1) is 5.44. The fourth-order valence-electron chi connectivity index (χ4n) is 0.537. The van der Waals surface area contributed by atoms with Crippen LogP contribution in [0.5, 0.6) is 0 Å². The van der Waals surface area contributed by atoms with Crippen LogP contribution in [0.1, 0.15) is 6.92 Å². The van der Waals surface area contributed by atoms with E-state index in [1.165, 1.54) is 20.3 Å². The Morgan fingerprint density at radius 3 is 2.42 bits per heavy atom. The molecule has 6 heteroatoms. The van der Waals surface area contributed by atoms with Crippen LogP contribution in [0.3, 0.4) is 0 Å². The van der Waals surface area contributed by atoms with Crippen molar-refractivity contribution >= 4 is 16.4 Å². The van der Waals surface area contributed by atoms with Crippen molar-refractivity contribution in [2.24, 2.45) is 0 Å². The molecule has 0 saturated heterocycles. The first kappa shape index (κ1) is 11.1. The number of nitrogens with zero attached hydrogens (tertiary/aromatic N) is 1. The molecule has 0 saturated carbocycles. The lowest BCUT2D eigenvalue weighted by Gasteiger charge is -2.13. The second-order valence-electron chi connectivity index (χ2n) is 2.24. The molecular weight excluding hydrogens is 178 g/mol. The fourth-order valence-corrected chi connectivity index (χ4v) is 1.13. The molecule has 0 aromatic carbocycles. The van der Waals surface area contributed by atoms with E-state index in [0.29, 0.717) is 5.57 Å². The van der Waals surface area contributed by atoms with Crippen molar-refractivity contribution in [3.8, 4) is 0 Å². The maximum Gasteiger partial charge on any atom is 0.300 e. The van der Waals surface area contributed by atoms with E-state index in [0.717, 1.165) is 10.5 Å². The van der Waals surface area contributed by atoms with Gasteiger partial charge >= 0.3 is 10.2 Å². The highest BCUT2D eigenvalue weighted by Gasteiger charge is 2.09. The summed E-state index contributed by atoms with van der Waals surface area (Å²) in [5.41, 5.74) is 0.566. The van der Waals surface area contributed by atoms with Gasteiger partial charge in [-0.2, -0.15) is 8.42 Å². The van der Waals surface area contributed by atoms with Gasteiger partial charge in [-0.25, -0.2) is 4.72 Å². The van der Waals surface area contributed by atoms with Crippen molar-refractivity contribution in [2.45, 2.75) is 6.92 Å². The molecular formula is C6H13N3O2S. The average Bonchev–Trinajstić information content (AvgIpc) is 2.04. The summed E-state index contributed by atoms with van der Waals surface area (Å²) in [4.78, 5) is 0. The molecule has 0 radical (unpaired) electrons. The zero-order valence-corrected chi connectivity index (χ0v) is 8.14. The number of nitrogens with one attached hydrogen (secondary N) is 2. The van der Waals surface area contributed by atoms with Crippen molar-refractivity contribution < 1.29 is 8.42 Å². The highest BCUT2D eigenvalue weighted by molar-refractivity contribution is 7.87. The molecule has 0 bridgehead atoms. The zero-order valence-electron chi connectivity index (χ0n) is 7.33. The molecule has 0 aliphatic rings. The minimum absolute atomic E-state index is 0.566. The average molecular weight is 191 g/mol. The topological polar surface area (TPSA) is 73.3 Å². The molecule has 0 aliphatic heterocycles. The van der Waals surface area contributed by atoms with Crippen molar-refractivity contribution in [2.75, 3.05) is 14.1 Å². The van der Waals surface area contributed by atoms with E-state index in [2.05, 4.69) is 4.72 Å². The van der Waals surface area contributed by atoms with Gasteiger partial charge in [0.05, 0.1) is 0 Å². The van der Waals surface area contributed by atoms with E-state index < -0.39 is 10.2 Å². The SMILES string of the molecule is CNS(=O)(=O)N(C)/C=C(/C)C=N. The molecule has 0 spiro atoms. The molecule has 0 atom stereocenters. The molecule has 0 unspecified atom stereocenters. The largest absolute Gasteiger partial charge is 0.308 e. The third kappa shape index (κ3) is 3.02. The van der Waals surface area contributed by atoms with Crippen LogP contribution < -0.4 is 4.72 Å². The van der Waals surface area contributed by atoms with Gasteiger partial charge in [-0.05, 0) is 12.5 Å². The van der Waals surface area contributed by atoms with E-state index in [1.807, 2.05) is 0 Å². The molecule has 0 aromatic rings. The van der Waals surface area contributed by atoms with Gasteiger partial charge in [0.15, 0.2) is 0 Å². The quantitative estimate of drug-likeness (QED) is 0.611. The Bertz CT molecular complexity index is 281. The maximum atomic E-state index is 11.0. The summed E-state index contributed by atoms with van der Waals surface area (Å²) in [5, 5.41) is 6.83. The number of hydrogen-bond acceptors (Lipinski definition) is 3. The smallest absolute Gasteiger partial charge is 0.300 e. The first-order valence-electron chi connectivity index (χ1n) is 3.29. The maximum absolute atomic E-state index is 11.0. The van der Waals surface area contributed by atoms with Gasteiger partial charge in [0.2, 0.25) is 0 Å². The van der Waals surface area contributed by atoms with Crippen molar-refractivity contribution in [3.05, 3.63) is 11.8 Å². The van der Waals surface area contributed by atoms with Crippen LogP contribution >= 0.6 is 0 Å². The molecule has 2 N–H and O–H groups in total. The Labute approximate surface area is 72.8 Å². The highest BCUT2D eigenvalue weighted by Crippen LogP contribution is 1.97. The molecule has 0 aromatic heterocycles. The van der Waals surface area contributed by atoms with Crippen molar-refractivity contribution in [3.63, 3.8) is 0 Å². The van der Waals surface area contributed by atoms with Crippen LogP contribution in [0.25, 0.3) is 0 Å². The summed E-state index contributed by atoms with van der Waals surface area (Å²) in [6.45, 7) is 1.65. The molecule has 0 heterocycles. The van der Waals surface area contributed by atoms with Crippen LogP contribution in [0, 0.1) is 5.41 Å². The summed E-state index contributed by atoms with van der Waals surface area (Å²) in [7, 11) is -0.665. The molecule has 0 aliphatic carbocycles. The Kier molecular flexibility index (Phi) is 3.91. The third-order valence-corrected chi connectivity index (χ3v) is 2.63. The number of hydrogen-bond donors (Lipinski definition) is 2. The number of rotatable bonds is 4. The van der Waals surface area contributed by atoms with Gasteiger partial charge in [-0.3, -0.25) is 4.31 Å². The predicted molar refractivity (Wildman–Crippen MR) is 48.3 cm³/mol. The molecule has 5 nitrogen and oxygen atoms in total. The summed E-state index contributed by atoms with van der Waals surface area (Å²) in [6.07, 6.45) is 2.44. The van der Waals surface area contributed by atoms with E-state index in [9.17, 15) is 8.42 Å². The molecule has 0 rings (SSSR count). The van der Waals surface area contributed by atoms with Crippen molar-refractivity contribution in [1.29, 1.82) is 5.41 Å². The summed E-state index contributed by atoms with van der Waals surface area (Å²) in [5.74, 6) is 0. The van der Waals surface area contributed by atoms with Crippen LogP contribution in [0.2, 0.25) is 0 Å². The Morgan fingerprint density at radius 2 is 2.08 bits per heavy atom.